The van der Waals surface area contributed by atoms with Crippen LogP contribution in [0.15, 0.2) is 67.0 Å². The van der Waals surface area contributed by atoms with Crippen LogP contribution in [0.3, 0.4) is 0 Å². The summed E-state index contributed by atoms with van der Waals surface area (Å²) in [6, 6.07) is 20.3. The number of nitrogens with zero attached hydrogens (tertiary/aromatic N) is 1. The van der Waals surface area contributed by atoms with Crippen LogP contribution in [0.25, 0.3) is 11.1 Å². The van der Waals surface area contributed by atoms with Gasteiger partial charge in [0.1, 0.15) is 0 Å². The van der Waals surface area contributed by atoms with Crippen LogP contribution < -0.4 is 5.32 Å². The fraction of sp³-hybridized carbons (Fsp3) is 0.280. The van der Waals surface area contributed by atoms with Gasteiger partial charge >= 0.3 is 0 Å². The Morgan fingerprint density at radius 2 is 1.69 bits per heavy atom. The van der Waals surface area contributed by atoms with Crippen molar-refractivity contribution >= 4 is 5.91 Å². The highest BCUT2D eigenvalue weighted by Gasteiger charge is 2.23. The van der Waals surface area contributed by atoms with Gasteiger partial charge in [-0.1, -0.05) is 48.5 Å². The van der Waals surface area contributed by atoms with Gasteiger partial charge in [0.2, 0.25) is 0 Å². The van der Waals surface area contributed by atoms with E-state index >= 15 is 0 Å². The minimum absolute atomic E-state index is 0.0841. The van der Waals surface area contributed by atoms with Gasteiger partial charge in [-0.2, -0.15) is 5.26 Å². The van der Waals surface area contributed by atoms with E-state index in [2.05, 4.69) is 46.7 Å². The van der Waals surface area contributed by atoms with E-state index in [-0.39, 0.29) is 5.91 Å². The number of aromatic nitrogens is 1. The Morgan fingerprint density at radius 3 is 2.45 bits per heavy atom. The summed E-state index contributed by atoms with van der Waals surface area (Å²) in [4.78, 5) is 15.8. The lowest BCUT2D eigenvalue weighted by atomic mass is 9.78. The van der Waals surface area contributed by atoms with Gasteiger partial charge in [-0.3, -0.25) is 4.79 Å². The summed E-state index contributed by atoms with van der Waals surface area (Å²) in [5.74, 6) is 1.08. The van der Waals surface area contributed by atoms with Crippen LogP contribution in [0, 0.1) is 17.2 Å². The molecular weight excluding hydrogens is 358 g/mol. The van der Waals surface area contributed by atoms with Gasteiger partial charge in [-0.25, -0.2) is 0 Å². The number of aromatic amines is 1. The molecule has 1 fully saturated rings. The first-order chi connectivity index (χ1) is 14.3. The van der Waals surface area contributed by atoms with Gasteiger partial charge in [-0.15, -0.1) is 0 Å². The largest absolute Gasteiger partial charge is 0.366 e. The second-order valence-electron chi connectivity index (χ2n) is 7.78. The molecule has 4 rings (SSSR count). The number of nitrogens with one attached hydrogen (secondary N) is 2. The molecule has 0 aliphatic heterocycles. The minimum atomic E-state index is -0.0841. The van der Waals surface area contributed by atoms with Gasteiger partial charge in [0.25, 0.3) is 5.91 Å². The number of amides is 1. The van der Waals surface area contributed by atoms with Crippen LogP contribution in [-0.2, 0) is 0 Å². The first kappa shape index (κ1) is 19.0. The summed E-state index contributed by atoms with van der Waals surface area (Å²) < 4.78 is 0. The molecule has 29 heavy (non-hydrogen) atoms. The van der Waals surface area contributed by atoms with Gasteiger partial charge in [-0.05, 0) is 49.1 Å². The lowest BCUT2D eigenvalue weighted by Crippen LogP contribution is -2.31. The fourth-order valence-electron chi connectivity index (χ4n) is 4.35. The number of rotatable bonds is 5. The zero-order valence-electron chi connectivity index (χ0n) is 16.4. The molecule has 1 aliphatic carbocycles. The van der Waals surface area contributed by atoms with E-state index in [0.717, 1.165) is 24.0 Å². The highest BCUT2D eigenvalue weighted by atomic mass is 16.1. The first-order valence-corrected chi connectivity index (χ1v) is 10.3. The Labute approximate surface area is 171 Å². The molecule has 1 amide bonds. The van der Waals surface area contributed by atoms with Crippen LogP contribution >= 0.6 is 0 Å². The SMILES string of the molecule is N#Cc1ccccc1-c1c[nH]cc1C(=O)NCC1CCC(c2ccccc2)CC1. The second kappa shape index (κ2) is 8.79. The van der Waals surface area contributed by atoms with Crippen molar-refractivity contribution < 1.29 is 4.79 Å². The molecule has 4 heteroatoms. The van der Waals surface area contributed by atoms with Crippen LogP contribution in [0.2, 0.25) is 0 Å². The topological polar surface area (TPSA) is 68.7 Å². The number of carbonyl (C=O) groups excluding carboxylic acids is 1. The monoisotopic (exact) mass is 383 g/mol. The highest BCUT2D eigenvalue weighted by molar-refractivity contribution is 6.01. The van der Waals surface area contributed by atoms with Gasteiger partial charge in [0.05, 0.1) is 17.2 Å². The third-order valence-corrected chi connectivity index (χ3v) is 6.00. The summed E-state index contributed by atoms with van der Waals surface area (Å²) in [5, 5.41) is 12.5. The average Bonchev–Trinajstić information content (AvgIpc) is 3.28. The van der Waals surface area contributed by atoms with Crippen LogP contribution in [0.4, 0.5) is 0 Å². The summed E-state index contributed by atoms with van der Waals surface area (Å²) in [6.07, 6.45) is 8.13. The lowest BCUT2D eigenvalue weighted by Gasteiger charge is -2.29. The quantitative estimate of drug-likeness (QED) is 0.631. The standard InChI is InChI=1S/C25H25N3O/c26-14-21-8-4-5-9-22(21)23-16-27-17-24(23)25(29)28-15-18-10-12-20(13-11-18)19-6-2-1-3-7-19/h1-9,16-18,20,27H,10-13,15H2,(H,28,29). The molecule has 0 saturated heterocycles. The van der Waals surface area contributed by atoms with E-state index in [9.17, 15) is 10.1 Å². The molecule has 1 heterocycles. The summed E-state index contributed by atoms with van der Waals surface area (Å²) in [5.41, 5.74) is 4.14. The smallest absolute Gasteiger partial charge is 0.253 e. The third-order valence-electron chi connectivity index (χ3n) is 6.00. The van der Waals surface area contributed by atoms with Crippen molar-refractivity contribution in [2.24, 2.45) is 5.92 Å². The molecule has 0 spiro atoms. The number of hydrogen-bond acceptors (Lipinski definition) is 2. The zero-order chi connectivity index (χ0) is 20.1. The Hall–Kier alpha value is -3.32. The molecule has 1 saturated carbocycles. The molecule has 0 radical (unpaired) electrons. The van der Waals surface area contributed by atoms with E-state index in [0.29, 0.717) is 29.5 Å². The van der Waals surface area contributed by atoms with Crippen molar-refractivity contribution in [2.75, 3.05) is 6.54 Å². The van der Waals surface area contributed by atoms with Gasteiger partial charge in [0, 0.05) is 30.1 Å². The Bertz CT molecular complexity index is 1010. The number of nitriles is 1. The molecular formula is C25H25N3O. The van der Waals surface area contributed by atoms with E-state index < -0.39 is 0 Å². The van der Waals surface area contributed by atoms with Crippen LogP contribution in [-0.4, -0.2) is 17.4 Å². The number of carbonyl (C=O) groups is 1. The van der Waals surface area contributed by atoms with Crippen molar-refractivity contribution in [3.63, 3.8) is 0 Å². The predicted molar refractivity (Wildman–Crippen MR) is 114 cm³/mol. The molecule has 2 aromatic carbocycles. The number of hydrogen-bond donors (Lipinski definition) is 2. The molecule has 0 atom stereocenters. The Balaban J connectivity index is 1.36. The second-order valence-corrected chi connectivity index (χ2v) is 7.78. The molecule has 0 bridgehead atoms. The number of benzene rings is 2. The van der Waals surface area contributed by atoms with E-state index in [4.69, 9.17) is 0 Å². The third kappa shape index (κ3) is 4.25. The highest BCUT2D eigenvalue weighted by Crippen LogP contribution is 2.35. The summed E-state index contributed by atoms with van der Waals surface area (Å²) >= 11 is 0. The Morgan fingerprint density at radius 1 is 0.966 bits per heavy atom. The van der Waals surface area contributed by atoms with Crippen LogP contribution in [0.1, 0.15) is 53.1 Å². The molecule has 4 nitrogen and oxygen atoms in total. The molecule has 1 aromatic heterocycles. The van der Waals surface area contributed by atoms with E-state index in [1.165, 1.54) is 18.4 Å². The molecule has 1 aliphatic rings. The summed E-state index contributed by atoms with van der Waals surface area (Å²) in [6.45, 7) is 0.699. The van der Waals surface area contributed by atoms with Crippen LogP contribution in [0.5, 0.6) is 0 Å². The lowest BCUT2D eigenvalue weighted by molar-refractivity contribution is 0.0943. The maximum Gasteiger partial charge on any atom is 0.253 e. The van der Waals surface area contributed by atoms with E-state index in [1.54, 1.807) is 18.5 Å². The van der Waals surface area contributed by atoms with Crippen molar-refractivity contribution in [1.82, 2.24) is 10.3 Å². The maximum absolute atomic E-state index is 12.8. The zero-order valence-corrected chi connectivity index (χ0v) is 16.4. The van der Waals surface area contributed by atoms with Crippen molar-refractivity contribution in [3.8, 4) is 17.2 Å². The van der Waals surface area contributed by atoms with Crippen molar-refractivity contribution in [2.45, 2.75) is 31.6 Å². The number of H-pyrrole nitrogens is 1. The van der Waals surface area contributed by atoms with Gasteiger partial charge < -0.3 is 10.3 Å². The summed E-state index contributed by atoms with van der Waals surface area (Å²) in [7, 11) is 0. The van der Waals surface area contributed by atoms with Crippen molar-refractivity contribution in [1.29, 1.82) is 5.26 Å². The minimum Gasteiger partial charge on any atom is -0.366 e. The molecule has 2 N–H and O–H groups in total. The maximum atomic E-state index is 12.8. The molecule has 146 valence electrons. The van der Waals surface area contributed by atoms with E-state index in [1.807, 2.05) is 18.2 Å². The first-order valence-electron chi connectivity index (χ1n) is 10.3. The average molecular weight is 383 g/mol. The molecule has 0 unspecified atom stereocenters. The fourth-order valence-corrected chi connectivity index (χ4v) is 4.35. The Kier molecular flexibility index (Phi) is 5.76. The normalized spacial score (nSPS) is 18.7. The predicted octanol–water partition coefficient (Wildman–Crippen LogP) is 5.26. The molecule has 3 aromatic rings. The van der Waals surface area contributed by atoms with Gasteiger partial charge in [0.15, 0.2) is 0 Å². The van der Waals surface area contributed by atoms with Crippen molar-refractivity contribution in [3.05, 3.63) is 83.7 Å².